The number of piperidine rings is 2. The Balaban J connectivity index is 1.10. The standard InChI is InChI=1S/C23H38N4O/c1-2-10-25(11-3-1)12-5-15-28-20-22-7-8-23-19-26(13-14-27(23)18-22)17-21-6-4-9-24-16-21/h4,6,9,16,22-23H,1-3,5,7-8,10-15,17-20H2/t22?,23-/m0/s1. The molecule has 0 radical (unpaired) electrons. The van der Waals surface area contributed by atoms with Crippen LogP contribution in [0.5, 0.6) is 0 Å². The maximum atomic E-state index is 6.07. The molecule has 28 heavy (non-hydrogen) atoms. The summed E-state index contributed by atoms with van der Waals surface area (Å²) in [5, 5.41) is 0. The van der Waals surface area contributed by atoms with Crippen LogP contribution in [0.25, 0.3) is 0 Å². The van der Waals surface area contributed by atoms with Crippen LogP contribution in [0.1, 0.15) is 44.1 Å². The Labute approximate surface area is 171 Å². The average Bonchev–Trinajstić information content (AvgIpc) is 2.75. The van der Waals surface area contributed by atoms with Crippen molar-refractivity contribution >= 4 is 0 Å². The van der Waals surface area contributed by atoms with E-state index >= 15 is 0 Å². The van der Waals surface area contributed by atoms with Crippen molar-refractivity contribution in [2.24, 2.45) is 5.92 Å². The average molecular weight is 387 g/mol. The van der Waals surface area contributed by atoms with Crippen LogP contribution in [0.3, 0.4) is 0 Å². The van der Waals surface area contributed by atoms with E-state index in [2.05, 4.69) is 25.8 Å². The van der Waals surface area contributed by atoms with E-state index in [1.165, 1.54) is 89.9 Å². The van der Waals surface area contributed by atoms with E-state index in [4.69, 9.17) is 4.74 Å². The summed E-state index contributed by atoms with van der Waals surface area (Å²) in [4.78, 5) is 12.2. The van der Waals surface area contributed by atoms with Gasteiger partial charge < -0.3 is 9.64 Å². The van der Waals surface area contributed by atoms with Crippen molar-refractivity contribution in [2.75, 3.05) is 59.0 Å². The molecule has 4 heterocycles. The molecule has 3 aliphatic rings. The summed E-state index contributed by atoms with van der Waals surface area (Å²) in [6.45, 7) is 11.6. The molecular weight excluding hydrogens is 348 g/mol. The number of pyridine rings is 1. The van der Waals surface area contributed by atoms with Gasteiger partial charge in [-0.3, -0.25) is 14.8 Å². The zero-order chi connectivity index (χ0) is 19.0. The van der Waals surface area contributed by atoms with E-state index in [9.17, 15) is 0 Å². The maximum absolute atomic E-state index is 6.07. The van der Waals surface area contributed by atoms with Crippen molar-refractivity contribution in [3.8, 4) is 0 Å². The zero-order valence-corrected chi connectivity index (χ0v) is 17.5. The number of hydrogen-bond donors (Lipinski definition) is 0. The monoisotopic (exact) mass is 386 g/mol. The van der Waals surface area contributed by atoms with E-state index in [0.717, 1.165) is 31.7 Å². The molecule has 3 fully saturated rings. The second kappa shape index (κ2) is 10.7. The van der Waals surface area contributed by atoms with Crippen molar-refractivity contribution in [1.82, 2.24) is 19.7 Å². The second-order valence-electron chi connectivity index (χ2n) is 9.02. The molecule has 156 valence electrons. The summed E-state index contributed by atoms with van der Waals surface area (Å²) in [6, 6.07) is 4.98. The van der Waals surface area contributed by atoms with Gasteiger partial charge in [-0.1, -0.05) is 12.5 Å². The minimum absolute atomic E-state index is 0.733. The van der Waals surface area contributed by atoms with Crippen molar-refractivity contribution in [3.05, 3.63) is 30.1 Å². The number of rotatable bonds is 8. The number of ether oxygens (including phenoxy) is 1. The summed E-state index contributed by atoms with van der Waals surface area (Å²) in [5.74, 6) is 0.733. The van der Waals surface area contributed by atoms with Gasteiger partial charge in [0, 0.05) is 64.3 Å². The molecule has 0 bridgehead atoms. The van der Waals surface area contributed by atoms with E-state index in [-0.39, 0.29) is 0 Å². The van der Waals surface area contributed by atoms with Gasteiger partial charge in [0.1, 0.15) is 0 Å². The van der Waals surface area contributed by atoms with Gasteiger partial charge in [-0.15, -0.1) is 0 Å². The molecule has 5 nitrogen and oxygen atoms in total. The molecule has 0 N–H and O–H groups in total. The highest BCUT2D eigenvalue weighted by Crippen LogP contribution is 2.26. The summed E-state index contributed by atoms with van der Waals surface area (Å²) < 4.78 is 6.07. The maximum Gasteiger partial charge on any atom is 0.0506 e. The van der Waals surface area contributed by atoms with Crippen LogP contribution in [-0.4, -0.2) is 84.8 Å². The number of fused-ring (bicyclic) bond motifs is 1. The predicted octanol–water partition coefficient (Wildman–Crippen LogP) is 2.87. The normalized spacial score (nSPS) is 27.6. The Hall–Kier alpha value is -1.01. The highest BCUT2D eigenvalue weighted by molar-refractivity contribution is 5.08. The molecule has 0 aromatic carbocycles. The van der Waals surface area contributed by atoms with Crippen LogP contribution in [0.2, 0.25) is 0 Å². The molecule has 3 aliphatic heterocycles. The molecule has 4 rings (SSSR count). The first-order valence-electron chi connectivity index (χ1n) is 11.5. The quantitative estimate of drug-likeness (QED) is 0.642. The van der Waals surface area contributed by atoms with Gasteiger partial charge in [0.05, 0.1) is 6.61 Å². The fourth-order valence-corrected chi connectivity index (χ4v) is 5.18. The van der Waals surface area contributed by atoms with Crippen molar-refractivity contribution in [1.29, 1.82) is 0 Å². The summed E-state index contributed by atoms with van der Waals surface area (Å²) in [5.41, 5.74) is 1.34. The fraction of sp³-hybridized carbons (Fsp3) is 0.783. The number of likely N-dealkylation sites (tertiary alicyclic amines) is 1. The zero-order valence-electron chi connectivity index (χ0n) is 17.5. The van der Waals surface area contributed by atoms with Gasteiger partial charge in [0.2, 0.25) is 0 Å². The molecule has 5 heteroatoms. The smallest absolute Gasteiger partial charge is 0.0506 e. The first kappa shape index (κ1) is 20.3. The third-order valence-electron chi connectivity index (χ3n) is 6.78. The third kappa shape index (κ3) is 5.99. The molecule has 2 atom stereocenters. The molecule has 1 aromatic rings. The SMILES string of the molecule is c1cncc(CN2CCN3CC(COCCCN4CCCCC4)CC[C@H]3C2)c1. The summed E-state index contributed by atoms with van der Waals surface area (Å²) >= 11 is 0. The van der Waals surface area contributed by atoms with Crippen molar-refractivity contribution in [3.63, 3.8) is 0 Å². The van der Waals surface area contributed by atoms with Crippen LogP contribution >= 0.6 is 0 Å². The number of nitrogens with zero attached hydrogens (tertiary/aromatic N) is 4. The second-order valence-corrected chi connectivity index (χ2v) is 9.02. The number of piperazine rings is 1. The molecule has 0 amide bonds. The van der Waals surface area contributed by atoms with E-state index in [1.54, 1.807) is 0 Å². The fourth-order valence-electron chi connectivity index (χ4n) is 5.18. The van der Waals surface area contributed by atoms with Crippen LogP contribution in [-0.2, 0) is 11.3 Å². The van der Waals surface area contributed by atoms with Crippen LogP contribution in [0, 0.1) is 5.92 Å². The lowest BCUT2D eigenvalue weighted by Crippen LogP contribution is -2.56. The van der Waals surface area contributed by atoms with Gasteiger partial charge >= 0.3 is 0 Å². The Bertz CT molecular complexity index is 563. The Kier molecular flexibility index (Phi) is 7.73. The highest BCUT2D eigenvalue weighted by atomic mass is 16.5. The number of aromatic nitrogens is 1. The van der Waals surface area contributed by atoms with Gasteiger partial charge in [-0.2, -0.15) is 0 Å². The lowest BCUT2D eigenvalue weighted by atomic mass is 9.91. The minimum Gasteiger partial charge on any atom is -0.381 e. The molecule has 1 aromatic heterocycles. The summed E-state index contributed by atoms with van der Waals surface area (Å²) in [6.07, 6.45) is 11.9. The predicted molar refractivity (Wildman–Crippen MR) is 113 cm³/mol. The summed E-state index contributed by atoms with van der Waals surface area (Å²) in [7, 11) is 0. The van der Waals surface area contributed by atoms with Gasteiger partial charge in [0.15, 0.2) is 0 Å². The van der Waals surface area contributed by atoms with Crippen LogP contribution in [0.4, 0.5) is 0 Å². The Morgan fingerprint density at radius 1 is 1.00 bits per heavy atom. The first-order chi connectivity index (χ1) is 13.9. The molecule has 3 saturated heterocycles. The third-order valence-corrected chi connectivity index (χ3v) is 6.78. The van der Waals surface area contributed by atoms with Gasteiger partial charge in [0.25, 0.3) is 0 Å². The lowest BCUT2D eigenvalue weighted by Gasteiger charge is -2.46. The first-order valence-corrected chi connectivity index (χ1v) is 11.5. The molecule has 0 saturated carbocycles. The Morgan fingerprint density at radius 2 is 1.93 bits per heavy atom. The van der Waals surface area contributed by atoms with Gasteiger partial charge in [-0.05, 0) is 62.7 Å². The van der Waals surface area contributed by atoms with E-state index in [0.29, 0.717) is 0 Å². The van der Waals surface area contributed by atoms with Crippen LogP contribution in [0.15, 0.2) is 24.5 Å². The molecule has 0 spiro atoms. The van der Waals surface area contributed by atoms with Crippen molar-refractivity contribution < 1.29 is 4.74 Å². The number of hydrogen-bond acceptors (Lipinski definition) is 5. The van der Waals surface area contributed by atoms with E-state index in [1.807, 2.05) is 18.5 Å². The Morgan fingerprint density at radius 3 is 2.79 bits per heavy atom. The van der Waals surface area contributed by atoms with E-state index < -0.39 is 0 Å². The van der Waals surface area contributed by atoms with Gasteiger partial charge in [-0.25, -0.2) is 0 Å². The molecular formula is C23H38N4O. The topological polar surface area (TPSA) is 31.8 Å². The molecule has 1 unspecified atom stereocenters. The minimum atomic E-state index is 0.733. The largest absolute Gasteiger partial charge is 0.381 e. The van der Waals surface area contributed by atoms with Crippen molar-refractivity contribution in [2.45, 2.75) is 51.1 Å². The lowest BCUT2D eigenvalue weighted by molar-refractivity contribution is -0.00318. The van der Waals surface area contributed by atoms with Crippen LogP contribution < -0.4 is 0 Å². The molecule has 0 aliphatic carbocycles. The highest BCUT2D eigenvalue weighted by Gasteiger charge is 2.32.